The summed E-state index contributed by atoms with van der Waals surface area (Å²) in [6, 6.07) is 10.6. The fourth-order valence-electron chi connectivity index (χ4n) is 1.60. The van der Waals surface area contributed by atoms with Crippen molar-refractivity contribution in [3.8, 4) is 0 Å². The highest BCUT2D eigenvalue weighted by molar-refractivity contribution is 8.18. The molecule has 0 saturated carbocycles. The fraction of sp³-hybridized carbons (Fsp3) is 0.0588. The molecule has 1 aromatic carbocycles. The first-order valence-electron chi connectivity index (χ1n) is 5.96. The molecule has 0 N–H and O–H groups in total. The highest BCUT2D eigenvalue weighted by atomic mass is 32.2. The van der Waals surface area contributed by atoms with Gasteiger partial charge in [-0.15, -0.1) is 16.2 Å². The van der Waals surface area contributed by atoms with Crippen molar-refractivity contribution >= 4 is 15.9 Å². The zero-order valence-corrected chi connectivity index (χ0v) is 11.2. The summed E-state index contributed by atoms with van der Waals surface area (Å²) in [5.74, 6) is 0. The van der Waals surface area contributed by atoms with E-state index in [9.17, 15) is 0 Å². The van der Waals surface area contributed by atoms with Crippen molar-refractivity contribution in [1.29, 1.82) is 0 Å². The summed E-state index contributed by atoms with van der Waals surface area (Å²) in [5.41, 5.74) is 3.31. The monoisotopic (exact) mass is 252 g/mol. The maximum absolute atomic E-state index is 3.31. The van der Waals surface area contributed by atoms with Crippen LogP contribution in [0.3, 0.4) is 0 Å². The molecule has 0 aromatic heterocycles. The minimum atomic E-state index is -0.0249. The summed E-state index contributed by atoms with van der Waals surface area (Å²) in [7, 11) is -0.0249. The molecule has 0 amide bonds. The van der Waals surface area contributed by atoms with Gasteiger partial charge in [0.2, 0.25) is 0 Å². The van der Waals surface area contributed by atoms with E-state index in [0.29, 0.717) is 0 Å². The number of benzene rings is 1. The fourth-order valence-corrected chi connectivity index (χ4v) is 3.27. The maximum Gasteiger partial charge on any atom is 0.0483 e. The van der Waals surface area contributed by atoms with Crippen molar-refractivity contribution in [3.63, 3.8) is 0 Å². The van der Waals surface area contributed by atoms with Gasteiger partial charge in [0.25, 0.3) is 0 Å². The molecule has 0 saturated heterocycles. The maximum atomic E-state index is 3.31. The van der Waals surface area contributed by atoms with Crippen LogP contribution in [0.25, 0.3) is 0 Å². The number of hydrogen-bond acceptors (Lipinski definition) is 0. The Morgan fingerprint density at radius 2 is 1.89 bits per heavy atom. The smallest absolute Gasteiger partial charge is 0.0483 e. The zero-order valence-electron chi connectivity index (χ0n) is 10.4. The lowest BCUT2D eigenvalue weighted by Gasteiger charge is -2.07. The lowest BCUT2D eigenvalue weighted by molar-refractivity contribution is 1.47. The molecule has 0 bridgehead atoms. The second-order valence-electron chi connectivity index (χ2n) is 3.73. The highest BCUT2D eigenvalue weighted by Gasteiger charge is 2.03. The molecule has 0 fully saturated rings. The first kappa shape index (κ1) is 12.6. The van der Waals surface area contributed by atoms with E-state index in [0.717, 1.165) is 0 Å². The minimum Gasteiger partial charge on any atom is -0.116 e. The van der Waals surface area contributed by atoms with Crippen molar-refractivity contribution in [2.24, 2.45) is 0 Å². The van der Waals surface area contributed by atoms with Gasteiger partial charge < -0.3 is 0 Å². The van der Waals surface area contributed by atoms with E-state index >= 15 is 0 Å². The Morgan fingerprint density at radius 1 is 1.06 bits per heavy atom. The molecule has 0 spiro atoms. The average molecular weight is 252 g/mol. The predicted molar refractivity (Wildman–Crippen MR) is 83.1 cm³/mol. The Bertz CT molecular complexity index is 577. The van der Waals surface area contributed by atoms with Gasteiger partial charge in [-0.1, -0.05) is 48.6 Å². The second-order valence-corrected chi connectivity index (χ2v) is 5.59. The second kappa shape index (κ2) is 6.80. The van der Waals surface area contributed by atoms with E-state index in [1.807, 2.05) is 31.2 Å². The van der Waals surface area contributed by atoms with Crippen molar-refractivity contribution < 1.29 is 0 Å². The third-order valence-electron chi connectivity index (χ3n) is 2.43. The predicted octanol–water partition coefficient (Wildman–Crippen LogP) is 4.86. The van der Waals surface area contributed by atoms with Crippen molar-refractivity contribution in [2.75, 3.05) is 0 Å². The molecule has 18 heavy (non-hydrogen) atoms. The lowest BCUT2D eigenvalue weighted by Crippen LogP contribution is -1.79. The normalized spacial score (nSPS) is 15.9. The van der Waals surface area contributed by atoms with Crippen molar-refractivity contribution in [3.05, 3.63) is 83.5 Å². The van der Waals surface area contributed by atoms with Crippen molar-refractivity contribution in [2.45, 2.75) is 11.8 Å². The first-order chi connectivity index (χ1) is 8.92. The Kier molecular flexibility index (Phi) is 4.78. The molecule has 0 aliphatic heterocycles. The van der Waals surface area contributed by atoms with Crippen LogP contribution in [0.5, 0.6) is 0 Å². The van der Waals surface area contributed by atoms with E-state index in [4.69, 9.17) is 0 Å². The van der Waals surface area contributed by atoms with Crippen LogP contribution in [0.15, 0.2) is 88.4 Å². The Hall–Kier alpha value is -1.82. The third kappa shape index (κ3) is 3.33. The summed E-state index contributed by atoms with van der Waals surface area (Å²) in [6.45, 7) is 2.02. The summed E-state index contributed by atoms with van der Waals surface area (Å²) >= 11 is 0. The van der Waals surface area contributed by atoms with E-state index in [2.05, 4.69) is 59.7 Å². The lowest BCUT2D eigenvalue weighted by atomic mass is 10.4. The molecule has 90 valence electrons. The van der Waals surface area contributed by atoms with Crippen LogP contribution in [0, 0.1) is 0 Å². The van der Waals surface area contributed by atoms with Gasteiger partial charge >= 0.3 is 0 Å². The van der Waals surface area contributed by atoms with E-state index in [1.165, 1.54) is 9.80 Å². The molecule has 1 aliphatic rings. The quantitative estimate of drug-likeness (QED) is 0.311. The molecule has 1 aliphatic carbocycles. The van der Waals surface area contributed by atoms with Crippen LogP contribution >= 0.6 is 10.5 Å². The summed E-state index contributed by atoms with van der Waals surface area (Å²) < 4.78 is 0. The van der Waals surface area contributed by atoms with Crippen LogP contribution in [0.2, 0.25) is 0 Å². The van der Waals surface area contributed by atoms with Gasteiger partial charge in [0.05, 0.1) is 0 Å². The van der Waals surface area contributed by atoms with Crippen molar-refractivity contribution in [1.82, 2.24) is 0 Å². The third-order valence-corrected chi connectivity index (χ3v) is 4.37. The number of allylic oxidation sites excluding steroid dienone is 6. The van der Waals surface area contributed by atoms with Crippen LogP contribution in [-0.2, 0) is 0 Å². The molecule has 0 nitrogen and oxygen atoms in total. The topological polar surface area (TPSA) is 0 Å². The molecule has 0 heterocycles. The molecule has 0 radical (unpaired) electrons. The summed E-state index contributed by atoms with van der Waals surface area (Å²) in [6.07, 6.45) is 14.4. The van der Waals surface area contributed by atoms with Gasteiger partial charge in [-0.2, -0.15) is 0 Å². The molecule has 1 heteroatoms. The summed E-state index contributed by atoms with van der Waals surface area (Å²) in [5, 5.41) is 2.24. The van der Waals surface area contributed by atoms with E-state index < -0.39 is 0 Å². The molecule has 2 rings (SSSR count). The van der Waals surface area contributed by atoms with Crippen LogP contribution in [-0.4, -0.2) is 5.37 Å². The molecular weight excluding hydrogens is 236 g/mol. The SMILES string of the molecule is C\C=C/C=C\C=S(\C1=C=CC=C1)c1ccccc1. The minimum absolute atomic E-state index is 0.0249. The van der Waals surface area contributed by atoms with Gasteiger partial charge in [-0.05, 0) is 36.6 Å². The standard InChI is InChI=1S/C17H16S/c1-2-3-4-10-15-18(17-13-8-9-14-17)16-11-6-5-7-12-16/h2-13,15H,1H3/b3-2-,10-4-. The van der Waals surface area contributed by atoms with Crippen LogP contribution in [0.4, 0.5) is 0 Å². The number of rotatable bonds is 4. The largest absolute Gasteiger partial charge is 0.116 e. The summed E-state index contributed by atoms with van der Waals surface area (Å²) in [4.78, 5) is 2.57. The van der Waals surface area contributed by atoms with Crippen LogP contribution in [0.1, 0.15) is 6.92 Å². The first-order valence-corrected chi connectivity index (χ1v) is 7.25. The van der Waals surface area contributed by atoms with Gasteiger partial charge in [0.1, 0.15) is 0 Å². The van der Waals surface area contributed by atoms with E-state index in [-0.39, 0.29) is 10.5 Å². The Labute approximate surface area is 111 Å². The number of hydrogen-bond donors (Lipinski definition) is 0. The highest BCUT2D eigenvalue weighted by Crippen LogP contribution is 2.35. The molecular formula is C17H16S. The molecule has 1 aromatic rings. The average Bonchev–Trinajstić information content (AvgIpc) is 2.94. The van der Waals surface area contributed by atoms with E-state index in [1.54, 1.807) is 0 Å². The Balaban J connectivity index is 2.36. The van der Waals surface area contributed by atoms with Crippen LogP contribution < -0.4 is 0 Å². The van der Waals surface area contributed by atoms with Gasteiger partial charge in [0.15, 0.2) is 0 Å². The molecule has 1 atom stereocenters. The van der Waals surface area contributed by atoms with Gasteiger partial charge in [-0.25, -0.2) is 0 Å². The van der Waals surface area contributed by atoms with Gasteiger partial charge in [0, 0.05) is 9.80 Å². The van der Waals surface area contributed by atoms with Gasteiger partial charge in [-0.3, -0.25) is 0 Å². The molecule has 1 unspecified atom stereocenters. The Morgan fingerprint density at radius 3 is 2.56 bits per heavy atom. The zero-order chi connectivity index (χ0) is 12.6.